The van der Waals surface area contributed by atoms with E-state index in [1.165, 1.54) is 11.1 Å². The minimum atomic E-state index is 0.726. The van der Waals surface area contributed by atoms with Gasteiger partial charge in [0, 0.05) is 0 Å². The van der Waals surface area contributed by atoms with Gasteiger partial charge in [-0.1, -0.05) is 67.6 Å². The van der Waals surface area contributed by atoms with Crippen molar-refractivity contribution >= 4 is 0 Å². The van der Waals surface area contributed by atoms with Crippen LogP contribution >= 0.6 is 0 Å². The van der Waals surface area contributed by atoms with Crippen LogP contribution in [-0.4, -0.2) is 0 Å². The molecule has 2 atom stereocenters. The van der Waals surface area contributed by atoms with Crippen LogP contribution in [0.4, 0.5) is 0 Å². The maximum absolute atomic E-state index is 2.36. The standard InChI is InChI=1S/C16H16/c1-12-15(13-8-4-2-5-9-13)16(12)14-10-6-3-7-11-14/h2-12,15-16H,1H3/t15-,16-/m1/s1. The van der Waals surface area contributed by atoms with E-state index in [9.17, 15) is 0 Å². The van der Waals surface area contributed by atoms with Crippen LogP contribution in [0.1, 0.15) is 29.9 Å². The van der Waals surface area contributed by atoms with E-state index >= 15 is 0 Å². The van der Waals surface area contributed by atoms with Gasteiger partial charge >= 0.3 is 0 Å². The molecule has 0 radical (unpaired) electrons. The van der Waals surface area contributed by atoms with Crippen molar-refractivity contribution in [2.75, 3.05) is 0 Å². The van der Waals surface area contributed by atoms with E-state index in [0.717, 1.165) is 17.8 Å². The van der Waals surface area contributed by atoms with Crippen molar-refractivity contribution in [1.82, 2.24) is 0 Å². The average molecular weight is 208 g/mol. The molecule has 0 nitrogen and oxygen atoms in total. The Labute approximate surface area is 96.9 Å². The zero-order chi connectivity index (χ0) is 11.0. The van der Waals surface area contributed by atoms with Crippen LogP contribution in [0, 0.1) is 5.92 Å². The molecule has 0 amide bonds. The molecule has 80 valence electrons. The average Bonchev–Trinajstić information content (AvgIpc) is 3.03. The summed E-state index contributed by atoms with van der Waals surface area (Å²) in [6.45, 7) is 2.36. The summed E-state index contributed by atoms with van der Waals surface area (Å²) >= 11 is 0. The van der Waals surface area contributed by atoms with Gasteiger partial charge in [-0.3, -0.25) is 0 Å². The summed E-state index contributed by atoms with van der Waals surface area (Å²) < 4.78 is 0. The molecular formula is C16H16. The lowest BCUT2D eigenvalue weighted by Gasteiger charge is -2.00. The first-order valence-corrected chi connectivity index (χ1v) is 5.98. The van der Waals surface area contributed by atoms with Crippen LogP contribution in [0.2, 0.25) is 0 Å². The molecule has 2 aromatic carbocycles. The molecule has 2 aromatic rings. The second kappa shape index (κ2) is 3.79. The lowest BCUT2D eigenvalue weighted by Crippen LogP contribution is -1.82. The summed E-state index contributed by atoms with van der Waals surface area (Å²) in [6, 6.07) is 21.8. The third kappa shape index (κ3) is 1.55. The molecule has 1 aliphatic carbocycles. The first kappa shape index (κ1) is 9.65. The van der Waals surface area contributed by atoms with Crippen molar-refractivity contribution < 1.29 is 0 Å². The summed E-state index contributed by atoms with van der Waals surface area (Å²) in [4.78, 5) is 0. The van der Waals surface area contributed by atoms with Crippen molar-refractivity contribution in [2.45, 2.75) is 18.8 Å². The van der Waals surface area contributed by atoms with Gasteiger partial charge in [0.05, 0.1) is 0 Å². The van der Waals surface area contributed by atoms with E-state index in [4.69, 9.17) is 0 Å². The van der Waals surface area contributed by atoms with Crippen molar-refractivity contribution in [3.05, 3.63) is 71.8 Å². The Bertz CT molecular complexity index is 412. The summed E-state index contributed by atoms with van der Waals surface area (Å²) in [7, 11) is 0. The topological polar surface area (TPSA) is 0 Å². The Balaban J connectivity index is 1.87. The predicted octanol–water partition coefficient (Wildman–Crippen LogP) is 4.20. The molecule has 1 saturated carbocycles. The maximum Gasteiger partial charge on any atom is -0.00586 e. The Morgan fingerprint density at radius 1 is 0.625 bits per heavy atom. The van der Waals surface area contributed by atoms with Gasteiger partial charge < -0.3 is 0 Å². The van der Waals surface area contributed by atoms with E-state index in [1.54, 1.807) is 0 Å². The maximum atomic E-state index is 2.36. The van der Waals surface area contributed by atoms with E-state index in [0.29, 0.717) is 0 Å². The van der Waals surface area contributed by atoms with Gasteiger partial charge in [-0.05, 0) is 28.9 Å². The lowest BCUT2D eigenvalue weighted by molar-refractivity contribution is 0.896. The third-order valence-electron chi connectivity index (χ3n) is 3.75. The lowest BCUT2D eigenvalue weighted by atomic mass is 10.0. The van der Waals surface area contributed by atoms with E-state index in [2.05, 4.69) is 67.6 Å². The van der Waals surface area contributed by atoms with Gasteiger partial charge in [0.2, 0.25) is 0 Å². The fourth-order valence-corrected chi connectivity index (χ4v) is 2.84. The van der Waals surface area contributed by atoms with Crippen molar-refractivity contribution in [3.63, 3.8) is 0 Å². The van der Waals surface area contributed by atoms with Crippen LogP contribution in [0.3, 0.4) is 0 Å². The van der Waals surface area contributed by atoms with Crippen LogP contribution in [0.15, 0.2) is 60.7 Å². The van der Waals surface area contributed by atoms with E-state index in [-0.39, 0.29) is 0 Å². The molecule has 0 bridgehead atoms. The molecule has 16 heavy (non-hydrogen) atoms. The molecule has 3 rings (SSSR count). The molecule has 0 heteroatoms. The Hall–Kier alpha value is -1.56. The van der Waals surface area contributed by atoms with Crippen molar-refractivity contribution in [1.29, 1.82) is 0 Å². The van der Waals surface area contributed by atoms with Gasteiger partial charge in [0.15, 0.2) is 0 Å². The summed E-state index contributed by atoms with van der Waals surface area (Å²) in [5.74, 6) is 2.23. The Kier molecular flexibility index (Phi) is 2.28. The molecule has 0 unspecified atom stereocenters. The molecule has 0 saturated heterocycles. The molecular weight excluding hydrogens is 192 g/mol. The fraction of sp³-hybridized carbons (Fsp3) is 0.250. The van der Waals surface area contributed by atoms with Gasteiger partial charge in [-0.2, -0.15) is 0 Å². The highest BCUT2D eigenvalue weighted by Crippen LogP contribution is 2.59. The first-order valence-electron chi connectivity index (χ1n) is 5.98. The zero-order valence-corrected chi connectivity index (χ0v) is 9.51. The monoisotopic (exact) mass is 208 g/mol. The van der Waals surface area contributed by atoms with Gasteiger partial charge in [-0.25, -0.2) is 0 Å². The van der Waals surface area contributed by atoms with Gasteiger partial charge in [0.25, 0.3) is 0 Å². The molecule has 1 aliphatic rings. The number of hydrogen-bond acceptors (Lipinski definition) is 0. The molecule has 0 heterocycles. The van der Waals surface area contributed by atoms with Crippen LogP contribution < -0.4 is 0 Å². The fourth-order valence-electron chi connectivity index (χ4n) is 2.84. The Morgan fingerprint density at radius 2 is 1.00 bits per heavy atom. The van der Waals surface area contributed by atoms with Crippen LogP contribution in [-0.2, 0) is 0 Å². The minimum Gasteiger partial charge on any atom is -0.0622 e. The SMILES string of the molecule is CC1[C@H](c2ccccc2)[C@H]1c1ccccc1. The van der Waals surface area contributed by atoms with Crippen LogP contribution in [0.25, 0.3) is 0 Å². The molecule has 0 aliphatic heterocycles. The van der Waals surface area contributed by atoms with Crippen molar-refractivity contribution in [3.8, 4) is 0 Å². The second-order valence-electron chi connectivity index (χ2n) is 4.73. The highest BCUT2D eigenvalue weighted by molar-refractivity contribution is 5.38. The van der Waals surface area contributed by atoms with Crippen molar-refractivity contribution in [2.24, 2.45) is 5.92 Å². The first-order chi connectivity index (χ1) is 7.88. The quantitative estimate of drug-likeness (QED) is 0.693. The van der Waals surface area contributed by atoms with Crippen LogP contribution in [0.5, 0.6) is 0 Å². The summed E-state index contributed by atoms with van der Waals surface area (Å²) in [6.07, 6.45) is 0. The third-order valence-corrected chi connectivity index (χ3v) is 3.75. The highest BCUT2D eigenvalue weighted by Gasteiger charge is 2.47. The van der Waals surface area contributed by atoms with E-state index < -0.39 is 0 Å². The van der Waals surface area contributed by atoms with Gasteiger partial charge in [-0.15, -0.1) is 0 Å². The predicted molar refractivity (Wildman–Crippen MR) is 67.5 cm³/mol. The van der Waals surface area contributed by atoms with E-state index in [1.807, 2.05) is 0 Å². The summed E-state index contributed by atoms with van der Waals surface area (Å²) in [5.41, 5.74) is 2.98. The normalized spacial score (nSPS) is 27.7. The Morgan fingerprint density at radius 3 is 1.38 bits per heavy atom. The van der Waals surface area contributed by atoms with Gasteiger partial charge in [0.1, 0.15) is 0 Å². The summed E-state index contributed by atoms with van der Waals surface area (Å²) in [5, 5.41) is 0. The number of benzene rings is 2. The molecule has 0 N–H and O–H groups in total. The zero-order valence-electron chi connectivity index (χ0n) is 9.51. The minimum absolute atomic E-state index is 0.726. The second-order valence-corrected chi connectivity index (χ2v) is 4.73. The molecule has 0 spiro atoms. The number of hydrogen-bond donors (Lipinski definition) is 0. The molecule has 1 fully saturated rings. The highest BCUT2D eigenvalue weighted by atomic mass is 14.5. The largest absolute Gasteiger partial charge is 0.0622 e. The molecule has 0 aromatic heterocycles. The number of rotatable bonds is 2. The smallest absolute Gasteiger partial charge is 0.00586 e.